The van der Waals surface area contributed by atoms with Crippen molar-refractivity contribution in [1.29, 1.82) is 0 Å². The number of aromatic nitrogens is 4. The monoisotopic (exact) mass is 265 g/mol. The van der Waals surface area contributed by atoms with Crippen molar-refractivity contribution in [3.63, 3.8) is 0 Å². The molecular formula is C9H7N5O5. The maximum atomic E-state index is 11.7. The number of aromatic carboxylic acids is 1. The van der Waals surface area contributed by atoms with Gasteiger partial charge >= 0.3 is 11.7 Å². The molecule has 0 aliphatic carbocycles. The Kier molecular flexibility index (Phi) is 2.83. The Hall–Kier alpha value is -3.04. The van der Waals surface area contributed by atoms with Gasteiger partial charge < -0.3 is 5.11 Å². The number of hydrogen-bond donors (Lipinski definition) is 1. The zero-order valence-electron chi connectivity index (χ0n) is 9.55. The fourth-order valence-corrected chi connectivity index (χ4v) is 1.45. The summed E-state index contributed by atoms with van der Waals surface area (Å²) in [6.45, 7) is 0. The van der Waals surface area contributed by atoms with E-state index in [0.29, 0.717) is 4.68 Å². The van der Waals surface area contributed by atoms with Crippen LogP contribution in [0.15, 0.2) is 23.0 Å². The lowest BCUT2D eigenvalue weighted by Crippen LogP contribution is -2.23. The first-order chi connectivity index (χ1) is 8.91. The second-order valence-corrected chi connectivity index (χ2v) is 3.56. The number of rotatable bonds is 3. The van der Waals surface area contributed by atoms with Crippen LogP contribution in [0, 0.1) is 10.1 Å². The Morgan fingerprint density at radius 1 is 1.42 bits per heavy atom. The van der Waals surface area contributed by atoms with Crippen molar-refractivity contribution in [3.05, 3.63) is 44.4 Å². The molecule has 0 saturated heterocycles. The minimum Gasteiger partial charge on any atom is -0.478 e. The molecule has 0 unspecified atom stereocenters. The van der Waals surface area contributed by atoms with E-state index in [0.717, 1.165) is 22.9 Å². The average Bonchev–Trinajstić information content (AvgIpc) is 2.69. The molecule has 2 rings (SSSR count). The summed E-state index contributed by atoms with van der Waals surface area (Å²) in [5, 5.41) is 26.6. The van der Waals surface area contributed by atoms with E-state index in [2.05, 4.69) is 10.4 Å². The van der Waals surface area contributed by atoms with Gasteiger partial charge in [0.2, 0.25) is 0 Å². The van der Waals surface area contributed by atoms with Crippen LogP contribution in [0.2, 0.25) is 0 Å². The summed E-state index contributed by atoms with van der Waals surface area (Å²) >= 11 is 0. The Morgan fingerprint density at radius 2 is 2.11 bits per heavy atom. The molecule has 1 heterocycles. The molecule has 0 fully saturated rings. The number of carboxylic acid groups (broad SMARTS) is 1. The molecule has 0 spiro atoms. The van der Waals surface area contributed by atoms with E-state index < -0.39 is 16.6 Å². The fourth-order valence-electron chi connectivity index (χ4n) is 1.45. The summed E-state index contributed by atoms with van der Waals surface area (Å²) in [6, 6.07) is 3.03. The van der Waals surface area contributed by atoms with Gasteiger partial charge in [0.1, 0.15) is 0 Å². The highest BCUT2D eigenvalue weighted by atomic mass is 16.6. The van der Waals surface area contributed by atoms with Crippen molar-refractivity contribution < 1.29 is 14.8 Å². The van der Waals surface area contributed by atoms with Gasteiger partial charge in [-0.2, -0.15) is 9.36 Å². The molecule has 0 aliphatic heterocycles. The van der Waals surface area contributed by atoms with E-state index in [1.807, 2.05) is 0 Å². The fraction of sp³-hybridized carbons (Fsp3) is 0.111. The summed E-state index contributed by atoms with van der Waals surface area (Å²) in [7, 11) is 1.32. The molecular weight excluding hydrogens is 258 g/mol. The van der Waals surface area contributed by atoms with Gasteiger partial charge in [-0.1, -0.05) is 0 Å². The zero-order valence-corrected chi connectivity index (χ0v) is 9.55. The molecule has 1 N–H and O–H groups in total. The van der Waals surface area contributed by atoms with E-state index >= 15 is 0 Å². The summed E-state index contributed by atoms with van der Waals surface area (Å²) in [5.74, 6) is -1.33. The van der Waals surface area contributed by atoms with Gasteiger partial charge in [-0.3, -0.25) is 10.1 Å². The van der Waals surface area contributed by atoms with Crippen molar-refractivity contribution in [2.24, 2.45) is 7.05 Å². The second-order valence-electron chi connectivity index (χ2n) is 3.56. The first kappa shape index (κ1) is 12.4. The van der Waals surface area contributed by atoms with Crippen LogP contribution in [0.1, 0.15) is 10.4 Å². The topological polar surface area (TPSA) is 133 Å². The molecule has 0 radical (unpaired) electrons. The van der Waals surface area contributed by atoms with Gasteiger partial charge in [0.05, 0.1) is 16.2 Å². The van der Waals surface area contributed by atoms with Gasteiger partial charge in [-0.05, 0) is 16.5 Å². The number of aryl methyl sites for hydroxylation is 1. The number of nitro benzene ring substituents is 1. The van der Waals surface area contributed by atoms with Gasteiger partial charge in [0.15, 0.2) is 0 Å². The third-order valence-corrected chi connectivity index (χ3v) is 2.37. The molecule has 1 aromatic carbocycles. The highest BCUT2D eigenvalue weighted by Crippen LogP contribution is 2.19. The molecule has 1 aromatic heterocycles. The molecule has 98 valence electrons. The smallest absolute Gasteiger partial charge is 0.368 e. The van der Waals surface area contributed by atoms with Crippen molar-refractivity contribution in [1.82, 2.24) is 19.8 Å². The largest absolute Gasteiger partial charge is 0.478 e. The lowest BCUT2D eigenvalue weighted by molar-refractivity contribution is -0.384. The van der Waals surface area contributed by atoms with E-state index in [9.17, 15) is 19.7 Å². The minimum absolute atomic E-state index is 0.209. The predicted octanol–water partition coefficient (Wildman–Crippen LogP) is -0.428. The first-order valence-electron chi connectivity index (χ1n) is 4.93. The molecule has 0 atom stereocenters. The van der Waals surface area contributed by atoms with Crippen LogP contribution >= 0.6 is 0 Å². The number of non-ortho nitro benzene ring substituents is 1. The Bertz CT molecular complexity index is 731. The Morgan fingerprint density at radius 3 is 2.58 bits per heavy atom. The van der Waals surface area contributed by atoms with Crippen LogP contribution in [0.5, 0.6) is 0 Å². The molecule has 10 heteroatoms. The number of carbonyl (C=O) groups is 1. The van der Waals surface area contributed by atoms with Crippen LogP contribution in [0.3, 0.4) is 0 Å². The minimum atomic E-state index is -1.33. The third-order valence-electron chi connectivity index (χ3n) is 2.37. The van der Waals surface area contributed by atoms with Crippen molar-refractivity contribution in [3.8, 4) is 5.69 Å². The van der Waals surface area contributed by atoms with Crippen LogP contribution in [0.4, 0.5) is 5.69 Å². The van der Waals surface area contributed by atoms with Gasteiger partial charge in [0, 0.05) is 19.2 Å². The molecule has 19 heavy (non-hydrogen) atoms. The van der Waals surface area contributed by atoms with Crippen LogP contribution in [-0.4, -0.2) is 35.8 Å². The van der Waals surface area contributed by atoms with E-state index in [1.165, 1.54) is 7.05 Å². The number of nitro groups is 1. The normalized spacial score (nSPS) is 10.4. The molecule has 0 amide bonds. The van der Waals surface area contributed by atoms with Crippen molar-refractivity contribution in [2.75, 3.05) is 0 Å². The lowest BCUT2D eigenvalue weighted by atomic mass is 10.1. The van der Waals surface area contributed by atoms with Crippen molar-refractivity contribution >= 4 is 11.7 Å². The van der Waals surface area contributed by atoms with Crippen LogP contribution in [-0.2, 0) is 7.05 Å². The maximum absolute atomic E-state index is 11.7. The van der Waals surface area contributed by atoms with Gasteiger partial charge in [0.25, 0.3) is 5.69 Å². The number of nitrogens with zero attached hydrogens (tertiary/aromatic N) is 5. The van der Waals surface area contributed by atoms with E-state index in [4.69, 9.17) is 5.11 Å². The SMILES string of the molecule is Cn1nnn(-c2cc([N+](=O)[O-])ccc2C(=O)O)c1=O. The number of benzene rings is 1. The number of hydrogen-bond acceptors (Lipinski definition) is 6. The highest BCUT2D eigenvalue weighted by molar-refractivity contribution is 5.92. The standard InChI is InChI=1S/C9H7N5O5/c1-12-9(17)13(11-10-12)7-4-5(14(18)19)2-3-6(7)8(15)16/h2-4H,1H3,(H,15,16). The molecule has 0 bridgehead atoms. The molecule has 10 nitrogen and oxygen atoms in total. The second kappa shape index (κ2) is 4.33. The molecule has 0 saturated carbocycles. The molecule has 0 aliphatic rings. The zero-order chi connectivity index (χ0) is 14.2. The van der Waals surface area contributed by atoms with Gasteiger partial charge in [-0.25, -0.2) is 9.59 Å². The quantitative estimate of drug-likeness (QED) is 0.588. The molecule has 2 aromatic rings. The maximum Gasteiger partial charge on any atom is 0.368 e. The average molecular weight is 265 g/mol. The van der Waals surface area contributed by atoms with E-state index in [1.54, 1.807) is 0 Å². The Labute approximate surface area is 104 Å². The number of carboxylic acids is 1. The van der Waals surface area contributed by atoms with Crippen LogP contribution in [0.25, 0.3) is 5.69 Å². The summed E-state index contributed by atoms with van der Waals surface area (Å²) in [4.78, 5) is 32.7. The first-order valence-corrected chi connectivity index (χ1v) is 4.93. The van der Waals surface area contributed by atoms with E-state index in [-0.39, 0.29) is 16.9 Å². The van der Waals surface area contributed by atoms with Gasteiger partial charge in [-0.15, -0.1) is 0 Å². The summed E-state index contributed by atoms with van der Waals surface area (Å²) < 4.78 is 1.57. The lowest BCUT2D eigenvalue weighted by Gasteiger charge is -2.03. The predicted molar refractivity (Wildman–Crippen MR) is 60.2 cm³/mol. The number of tetrazole rings is 1. The third kappa shape index (κ3) is 2.06. The summed E-state index contributed by atoms with van der Waals surface area (Å²) in [5.41, 5.74) is -1.55. The van der Waals surface area contributed by atoms with Crippen molar-refractivity contribution in [2.45, 2.75) is 0 Å². The summed E-state index contributed by atoms with van der Waals surface area (Å²) in [6.07, 6.45) is 0. The highest BCUT2D eigenvalue weighted by Gasteiger charge is 2.19. The Balaban J connectivity index is 2.75. The van der Waals surface area contributed by atoms with Crippen LogP contribution < -0.4 is 5.69 Å².